The van der Waals surface area contributed by atoms with Crippen molar-refractivity contribution in [3.63, 3.8) is 0 Å². The summed E-state index contributed by atoms with van der Waals surface area (Å²) in [4.78, 5) is 15.0. The van der Waals surface area contributed by atoms with Crippen molar-refractivity contribution in [2.75, 3.05) is 6.61 Å². The van der Waals surface area contributed by atoms with Crippen LogP contribution >= 0.6 is 11.6 Å². The number of aliphatic carboxylic acids is 1. The van der Waals surface area contributed by atoms with Gasteiger partial charge in [0.05, 0.1) is 6.21 Å². The first kappa shape index (κ1) is 19.5. The highest BCUT2D eigenvalue weighted by Gasteiger charge is 2.02. The molecule has 0 fully saturated rings. The molecule has 0 aromatic heterocycles. The second-order valence-corrected chi connectivity index (χ2v) is 6.34. The Hall–Kier alpha value is -3.31. The van der Waals surface area contributed by atoms with E-state index < -0.39 is 12.6 Å². The second kappa shape index (κ2) is 9.58. The molecule has 0 aliphatic carbocycles. The molecule has 0 radical (unpaired) electrons. The molecule has 6 heteroatoms. The van der Waals surface area contributed by atoms with E-state index in [-0.39, 0.29) is 0 Å². The fraction of sp³-hybridized carbons (Fsp3) is 0.0909. The third kappa shape index (κ3) is 5.59. The summed E-state index contributed by atoms with van der Waals surface area (Å²) in [5.41, 5.74) is 3.85. The third-order valence-electron chi connectivity index (χ3n) is 3.91. The minimum Gasteiger partial charge on any atom is -0.489 e. The zero-order valence-electron chi connectivity index (χ0n) is 14.9. The summed E-state index contributed by atoms with van der Waals surface area (Å²) in [6.07, 6.45) is 1.47. The maximum absolute atomic E-state index is 10.4. The standard InChI is InChI=1S/C22H18ClNO4/c23-21-4-2-1-3-19(21)14-27-20-11-9-18(10-12-20)17-7-5-16(6-8-17)13-24-28-15-22(25)26/h1-13H,14-15H2,(H,25,26). The Kier molecular flexibility index (Phi) is 6.65. The van der Waals surface area contributed by atoms with Gasteiger partial charge in [-0.1, -0.05) is 71.4 Å². The van der Waals surface area contributed by atoms with Crippen molar-refractivity contribution in [3.05, 3.63) is 88.9 Å². The van der Waals surface area contributed by atoms with Gasteiger partial charge in [-0.25, -0.2) is 4.79 Å². The number of hydrogen-bond acceptors (Lipinski definition) is 4. The predicted octanol–water partition coefficient (Wildman–Crippen LogP) is 5.02. The van der Waals surface area contributed by atoms with Crippen LogP contribution in [0.4, 0.5) is 0 Å². The van der Waals surface area contributed by atoms with E-state index in [1.54, 1.807) is 0 Å². The number of hydrogen-bond donors (Lipinski definition) is 1. The van der Waals surface area contributed by atoms with Crippen molar-refractivity contribution in [2.45, 2.75) is 6.61 Å². The van der Waals surface area contributed by atoms with E-state index in [4.69, 9.17) is 21.4 Å². The molecule has 0 atom stereocenters. The Morgan fingerprint density at radius 1 is 0.964 bits per heavy atom. The van der Waals surface area contributed by atoms with E-state index in [1.807, 2.05) is 72.8 Å². The van der Waals surface area contributed by atoms with Gasteiger partial charge in [0.1, 0.15) is 12.4 Å². The molecule has 3 rings (SSSR count). The topological polar surface area (TPSA) is 68.1 Å². The molecule has 28 heavy (non-hydrogen) atoms. The number of rotatable bonds is 8. The van der Waals surface area contributed by atoms with Crippen LogP contribution in [0, 0.1) is 0 Å². The van der Waals surface area contributed by atoms with Crippen molar-refractivity contribution in [1.82, 2.24) is 0 Å². The lowest BCUT2D eigenvalue weighted by Gasteiger charge is -2.09. The van der Waals surface area contributed by atoms with Gasteiger partial charge in [0.2, 0.25) is 6.61 Å². The average molecular weight is 396 g/mol. The Bertz CT molecular complexity index is 953. The first-order chi connectivity index (χ1) is 13.6. The molecule has 142 valence electrons. The van der Waals surface area contributed by atoms with Crippen LogP contribution in [0.1, 0.15) is 11.1 Å². The van der Waals surface area contributed by atoms with E-state index >= 15 is 0 Å². The molecule has 0 bridgehead atoms. The van der Waals surface area contributed by atoms with Gasteiger partial charge in [-0.05, 0) is 34.9 Å². The summed E-state index contributed by atoms with van der Waals surface area (Å²) in [6, 6.07) is 23.1. The molecule has 0 aliphatic rings. The molecule has 3 aromatic carbocycles. The molecular formula is C22H18ClNO4. The number of oxime groups is 1. The summed E-state index contributed by atoms with van der Waals surface area (Å²) < 4.78 is 5.80. The van der Waals surface area contributed by atoms with Crippen molar-refractivity contribution < 1.29 is 19.5 Å². The average Bonchev–Trinajstić information content (AvgIpc) is 2.71. The minimum atomic E-state index is -1.06. The number of benzene rings is 3. The highest BCUT2D eigenvalue weighted by atomic mass is 35.5. The number of carbonyl (C=O) groups is 1. The van der Waals surface area contributed by atoms with Crippen molar-refractivity contribution >= 4 is 23.8 Å². The molecule has 0 saturated heterocycles. The van der Waals surface area contributed by atoms with Gasteiger partial charge in [0, 0.05) is 10.6 Å². The molecule has 0 aliphatic heterocycles. The summed E-state index contributed by atoms with van der Waals surface area (Å²) in [5, 5.41) is 12.8. The largest absolute Gasteiger partial charge is 0.489 e. The lowest BCUT2D eigenvalue weighted by molar-refractivity contribution is -0.142. The Labute approximate surface area is 167 Å². The Balaban J connectivity index is 1.58. The van der Waals surface area contributed by atoms with E-state index in [0.717, 1.165) is 28.0 Å². The van der Waals surface area contributed by atoms with Gasteiger partial charge < -0.3 is 14.7 Å². The number of halogens is 1. The van der Waals surface area contributed by atoms with Crippen LogP contribution in [-0.2, 0) is 16.2 Å². The molecule has 3 aromatic rings. The van der Waals surface area contributed by atoms with Crippen LogP contribution in [0.15, 0.2) is 78.0 Å². The zero-order chi connectivity index (χ0) is 19.8. The quantitative estimate of drug-likeness (QED) is 0.429. The van der Waals surface area contributed by atoms with E-state index in [1.165, 1.54) is 6.21 Å². The maximum atomic E-state index is 10.4. The zero-order valence-corrected chi connectivity index (χ0v) is 15.7. The molecular weight excluding hydrogens is 378 g/mol. The first-order valence-electron chi connectivity index (χ1n) is 8.55. The second-order valence-electron chi connectivity index (χ2n) is 5.93. The molecule has 0 amide bonds. The van der Waals surface area contributed by atoms with Crippen LogP contribution in [-0.4, -0.2) is 23.9 Å². The normalized spacial score (nSPS) is 10.8. The fourth-order valence-electron chi connectivity index (χ4n) is 2.47. The maximum Gasteiger partial charge on any atom is 0.344 e. The lowest BCUT2D eigenvalue weighted by Crippen LogP contribution is -2.03. The van der Waals surface area contributed by atoms with Gasteiger partial charge in [0.25, 0.3) is 0 Å². The minimum absolute atomic E-state index is 0.414. The molecule has 1 N–H and O–H groups in total. The van der Waals surface area contributed by atoms with Crippen LogP contribution in [0.3, 0.4) is 0 Å². The molecule has 0 spiro atoms. The van der Waals surface area contributed by atoms with E-state index in [2.05, 4.69) is 9.99 Å². The lowest BCUT2D eigenvalue weighted by atomic mass is 10.0. The van der Waals surface area contributed by atoms with E-state index in [9.17, 15) is 4.79 Å². The smallest absolute Gasteiger partial charge is 0.344 e. The Morgan fingerprint density at radius 2 is 1.61 bits per heavy atom. The van der Waals surface area contributed by atoms with Crippen molar-refractivity contribution in [2.24, 2.45) is 5.16 Å². The Morgan fingerprint density at radius 3 is 2.25 bits per heavy atom. The van der Waals surface area contributed by atoms with Crippen LogP contribution in [0.25, 0.3) is 11.1 Å². The van der Waals surface area contributed by atoms with Gasteiger partial charge >= 0.3 is 5.97 Å². The number of nitrogens with zero attached hydrogens (tertiary/aromatic N) is 1. The molecule has 0 saturated carbocycles. The summed E-state index contributed by atoms with van der Waals surface area (Å²) in [5.74, 6) is -0.296. The number of carboxylic acid groups (broad SMARTS) is 1. The van der Waals surface area contributed by atoms with Gasteiger partial charge in [-0.15, -0.1) is 0 Å². The van der Waals surface area contributed by atoms with Crippen molar-refractivity contribution in [3.8, 4) is 16.9 Å². The van der Waals surface area contributed by atoms with Gasteiger partial charge in [0.15, 0.2) is 0 Å². The van der Waals surface area contributed by atoms with Crippen molar-refractivity contribution in [1.29, 1.82) is 0 Å². The summed E-state index contributed by atoms with van der Waals surface area (Å²) in [7, 11) is 0. The highest BCUT2D eigenvalue weighted by Crippen LogP contribution is 2.24. The predicted molar refractivity (Wildman–Crippen MR) is 109 cm³/mol. The summed E-state index contributed by atoms with van der Waals surface area (Å²) in [6.45, 7) is -0.0452. The first-order valence-corrected chi connectivity index (χ1v) is 8.93. The van der Waals surface area contributed by atoms with Crippen LogP contribution in [0.2, 0.25) is 5.02 Å². The fourth-order valence-corrected chi connectivity index (χ4v) is 2.66. The highest BCUT2D eigenvalue weighted by molar-refractivity contribution is 6.31. The molecule has 5 nitrogen and oxygen atoms in total. The van der Waals surface area contributed by atoms with Crippen LogP contribution in [0.5, 0.6) is 5.75 Å². The SMILES string of the molecule is O=C(O)CON=Cc1ccc(-c2ccc(OCc3ccccc3Cl)cc2)cc1. The third-order valence-corrected chi connectivity index (χ3v) is 4.28. The van der Waals surface area contributed by atoms with Gasteiger partial charge in [-0.3, -0.25) is 0 Å². The molecule has 0 heterocycles. The van der Waals surface area contributed by atoms with E-state index in [0.29, 0.717) is 11.6 Å². The monoisotopic (exact) mass is 395 g/mol. The molecule has 0 unspecified atom stereocenters. The van der Waals surface area contributed by atoms with Gasteiger partial charge in [-0.2, -0.15) is 0 Å². The van der Waals surface area contributed by atoms with Crippen LogP contribution < -0.4 is 4.74 Å². The number of carboxylic acids is 1. The number of ether oxygens (including phenoxy) is 1. The summed E-state index contributed by atoms with van der Waals surface area (Å²) >= 11 is 6.14.